The first kappa shape index (κ1) is 21.0. The van der Waals surface area contributed by atoms with Crippen LogP contribution >= 0.6 is 0 Å². The molecule has 2 atom stereocenters. The van der Waals surface area contributed by atoms with E-state index in [0.717, 1.165) is 33.5 Å². The standard InChI is InChI=1S/C32H25N3/c1-3-11-29-25(4-2)26-12-5-8-15-30(26)34(29)23-18-22(21-33)19-24(20-23)35-31-16-9-6-13-27(31)28-14-7-10-17-32(28)35/h3-20,27,31H,2H2,1H3/b11-3-. The third-order valence-corrected chi connectivity index (χ3v) is 7.01. The smallest absolute Gasteiger partial charge is 0.0993 e. The van der Waals surface area contributed by atoms with Crippen molar-refractivity contribution in [2.24, 2.45) is 0 Å². The molecule has 168 valence electrons. The number of para-hydroxylation sites is 2. The number of benzene rings is 3. The topological polar surface area (TPSA) is 32.0 Å². The lowest BCUT2D eigenvalue weighted by atomic mass is 9.91. The van der Waals surface area contributed by atoms with Gasteiger partial charge in [-0.2, -0.15) is 5.26 Å². The molecule has 0 radical (unpaired) electrons. The van der Waals surface area contributed by atoms with Crippen LogP contribution in [0.2, 0.25) is 0 Å². The van der Waals surface area contributed by atoms with Crippen molar-refractivity contribution in [3.8, 4) is 11.8 Å². The molecule has 3 nitrogen and oxygen atoms in total. The van der Waals surface area contributed by atoms with Gasteiger partial charge in [-0.3, -0.25) is 0 Å². The molecule has 0 bridgehead atoms. The third-order valence-electron chi connectivity index (χ3n) is 7.01. The molecule has 2 unspecified atom stereocenters. The first-order valence-electron chi connectivity index (χ1n) is 11.9. The number of fused-ring (bicyclic) bond motifs is 4. The summed E-state index contributed by atoms with van der Waals surface area (Å²) in [6, 6.07) is 25.7. The maximum Gasteiger partial charge on any atom is 0.0993 e. The molecule has 0 N–H and O–H groups in total. The maximum atomic E-state index is 10.0. The zero-order valence-corrected chi connectivity index (χ0v) is 19.6. The number of nitrogens with zero attached hydrogens (tertiary/aromatic N) is 3. The summed E-state index contributed by atoms with van der Waals surface area (Å²) in [6.07, 6.45) is 14.9. The van der Waals surface area contributed by atoms with Gasteiger partial charge in [-0.15, -0.1) is 0 Å². The van der Waals surface area contributed by atoms with Crippen LogP contribution < -0.4 is 4.90 Å². The number of hydrogen-bond donors (Lipinski definition) is 0. The van der Waals surface area contributed by atoms with E-state index in [1.165, 1.54) is 11.3 Å². The second-order valence-corrected chi connectivity index (χ2v) is 8.92. The molecule has 3 heteroatoms. The van der Waals surface area contributed by atoms with Gasteiger partial charge < -0.3 is 9.47 Å². The van der Waals surface area contributed by atoms with Crippen LogP contribution in [-0.2, 0) is 0 Å². The molecule has 0 saturated carbocycles. The van der Waals surface area contributed by atoms with Crippen LogP contribution in [0.1, 0.15) is 35.2 Å². The predicted molar refractivity (Wildman–Crippen MR) is 146 cm³/mol. The monoisotopic (exact) mass is 451 g/mol. The molecule has 0 amide bonds. The van der Waals surface area contributed by atoms with Crippen LogP contribution in [0, 0.1) is 11.3 Å². The summed E-state index contributed by atoms with van der Waals surface area (Å²) in [6.45, 7) is 6.12. The normalized spacial score (nSPS) is 18.1. The molecule has 2 heterocycles. The summed E-state index contributed by atoms with van der Waals surface area (Å²) in [5.41, 5.74) is 8.37. The minimum Gasteiger partial charge on any atom is -0.333 e. The summed E-state index contributed by atoms with van der Waals surface area (Å²) in [7, 11) is 0. The lowest BCUT2D eigenvalue weighted by molar-refractivity contribution is 0.744. The third kappa shape index (κ3) is 3.19. The van der Waals surface area contributed by atoms with E-state index >= 15 is 0 Å². The Morgan fingerprint density at radius 3 is 2.54 bits per heavy atom. The molecule has 1 aliphatic carbocycles. The van der Waals surface area contributed by atoms with Gasteiger partial charge in [0.2, 0.25) is 0 Å². The van der Waals surface area contributed by atoms with Crippen LogP contribution in [0.4, 0.5) is 11.4 Å². The highest BCUT2D eigenvalue weighted by Gasteiger charge is 2.37. The van der Waals surface area contributed by atoms with Gasteiger partial charge in [0, 0.05) is 33.9 Å². The molecular weight excluding hydrogens is 426 g/mol. The fraction of sp³-hybridized carbons (Fsp3) is 0.0938. The molecular formula is C32H25N3. The highest BCUT2D eigenvalue weighted by Crippen LogP contribution is 2.48. The fourth-order valence-corrected chi connectivity index (χ4v) is 5.62. The molecule has 1 aromatic heterocycles. The molecule has 0 spiro atoms. The second kappa shape index (κ2) is 8.34. The number of hydrogen-bond acceptors (Lipinski definition) is 2. The molecule has 4 aromatic rings. The lowest BCUT2D eigenvalue weighted by Gasteiger charge is -2.29. The molecule has 3 aromatic carbocycles. The van der Waals surface area contributed by atoms with Gasteiger partial charge >= 0.3 is 0 Å². The molecule has 1 aliphatic heterocycles. The Labute approximate surface area is 205 Å². The number of rotatable bonds is 4. The van der Waals surface area contributed by atoms with E-state index < -0.39 is 0 Å². The van der Waals surface area contributed by atoms with Gasteiger partial charge in [-0.25, -0.2) is 0 Å². The molecule has 35 heavy (non-hydrogen) atoms. The van der Waals surface area contributed by atoms with E-state index in [1.54, 1.807) is 0 Å². The summed E-state index contributed by atoms with van der Waals surface area (Å²) in [5.74, 6) is 0.295. The number of allylic oxidation sites excluding steroid dienone is 3. The van der Waals surface area contributed by atoms with Gasteiger partial charge in [-0.1, -0.05) is 79.4 Å². The Balaban J connectivity index is 1.62. The van der Waals surface area contributed by atoms with Gasteiger partial charge in [0.05, 0.1) is 28.9 Å². The molecule has 6 rings (SSSR count). The van der Waals surface area contributed by atoms with E-state index in [4.69, 9.17) is 0 Å². The maximum absolute atomic E-state index is 10.0. The minimum absolute atomic E-state index is 0.180. The van der Waals surface area contributed by atoms with Crippen molar-refractivity contribution in [1.29, 1.82) is 5.26 Å². The van der Waals surface area contributed by atoms with E-state index in [0.29, 0.717) is 11.5 Å². The van der Waals surface area contributed by atoms with E-state index in [-0.39, 0.29) is 6.04 Å². The van der Waals surface area contributed by atoms with Crippen LogP contribution in [0.25, 0.3) is 28.7 Å². The number of anilines is 2. The SMILES string of the molecule is C=Cc1c(/C=C\C)n(-c2cc(C#N)cc(N3c4ccccc4C4C=CC=CC43)c2)c2ccccc12. The van der Waals surface area contributed by atoms with Crippen LogP contribution in [-0.4, -0.2) is 10.6 Å². The van der Waals surface area contributed by atoms with Crippen molar-refractivity contribution >= 4 is 34.4 Å². The van der Waals surface area contributed by atoms with Gasteiger partial charge in [0.1, 0.15) is 0 Å². The Morgan fingerprint density at radius 1 is 0.943 bits per heavy atom. The highest BCUT2D eigenvalue weighted by molar-refractivity contribution is 5.95. The first-order chi connectivity index (χ1) is 17.2. The van der Waals surface area contributed by atoms with Gasteiger partial charge in [0.15, 0.2) is 0 Å². The quantitative estimate of drug-likeness (QED) is 0.316. The average molecular weight is 452 g/mol. The van der Waals surface area contributed by atoms with Crippen LogP contribution in [0.5, 0.6) is 0 Å². The van der Waals surface area contributed by atoms with E-state index in [2.05, 4.69) is 107 Å². The summed E-state index contributed by atoms with van der Waals surface area (Å²) >= 11 is 0. The minimum atomic E-state index is 0.180. The van der Waals surface area contributed by atoms with Gasteiger partial charge in [0.25, 0.3) is 0 Å². The summed E-state index contributed by atoms with van der Waals surface area (Å²) in [5, 5.41) is 11.2. The van der Waals surface area contributed by atoms with Crippen molar-refractivity contribution in [1.82, 2.24) is 4.57 Å². The fourth-order valence-electron chi connectivity index (χ4n) is 5.62. The second-order valence-electron chi connectivity index (χ2n) is 8.92. The molecule has 0 fully saturated rings. The Hall–Kier alpha value is -4.55. The Kier molecular flexibility index (Phi) is 5.01. The van der Waals surface area contributed by atoms with Crippen molar-refractivity contribution in [2.45, 2.75) is 18.9 Å². The average Bonchev–Trinajstić information content (AvgIpc) is 3.41. The lowest BCUT2D eigenvalue weighted by Crippen LogP contribution is -2.28. The van der Waals surface area contributed by atoms with Crippen LogP contribution in [0.3, 0.4) is 0 Å². The molecule has 2 aliphatic rings. The van der Waals surface area contributed by atoms with Crippen molar-refractivity contribution in [3.05, 3.63) is 126 Å². The summed E-state index contributed by atoms with van der Waals surface area (Å²) < 4.78 is 2.24. The number of nitriles is 1. The largest absolute Gasteiger partial charge is 0.333 e. The van der Waals surface area contributed by atoms with E-state index in [1.807, 2.05) is 31.2 Å². The van der Waals surface area contributed by atoms with Crippen molar-refractivity contribution in [3.63, 3.8) is 0 Å². The Morgan fingerprint density at radius 2 is 1.71 bits per heavy atom. The first-order valence-corrected chi connectivity index (χ1v) is 11.9. The predicted octanol–water partition coefficient (Wildman–Crippen LogP) is 7.91. The summed E-state index contributed by atoms with van der Waals surface area (Å²) in [4.78, 5) is 2.37. The molecule has 0 saturated heterocycles. The van der Waals surface area contributed by atoms with E-state index in [9.17, 15) is 5.26 Å². The Bertz CT molecular complexity index is 1610. The zero-order chi connectivity index (χ0) is 23.9. The van der Waals surface area contributed by atoms with Gasteiger partial charge in [-0.05, 0) is 48.9 Å². The number of aromatic nitrogens is 1. The zero-order valence-electron chi connectivity index (χ0n) is 19.6. The van der Waals surface area contributed by atoms with Crippen LogP contribution in [0.15, 0.2) is 104 Å². The van der Waals surface area contributed by atoms with Crippen molar-refractivity contribution < 1.29 is 0 Å². The highest BCUT2D eigenvalue weighted by atomic mass is 15.2. The van der Waals surface area contributed by atoms with Crippen molar-refractivity contribution in [2.75, 3.05) is 4.90 Å².